The summed E-state index contributed by atoms with van der Waals surface area (Å²) in [6.07, 6.45) is 1.27. The van der Waals surface area contributed by atoms with Gasteiger partial charge in [-0.25, -0.2) is 0 Å². The SMILES string of the molecule is Cc1nnc(CN(C)CC2CCN(c3ccccc3)C2)s1. The molecule has 1 atom stereocenters. The summed E-state index contributed by atoms with van der Waals surface area (Å²) in [5.74, 6) is 0.740. The zero-order valence-electron chi connectivity index (χ0n) is 12.7. The van der Waals surface area contributed by atoms with Crippen molar-refractivity contribution in [2.45, 2.75) is 19.9 Å². The van der Waals surface area contributed by atoms with Gasteiger partial charge < -0.3 is 4.90 Å². The van der Waals surface area contributed by atoms with Crippen molar-refractivity contribution < 1.29 is 0 Å². The van der Waals surface area contributed by atoms with Crippen LogP contribution in [0.2, 0.25) is 0 Å². The van der Waals surface area contributed by atoms with E-state index >= 15 is 0 Å². The molecule has 0 amide bonds. The zero-order chi connectivity index (χ0) is 14.7. The van der Waals surface area contributed by atoms with Crippen molar-refractivity contribution in [1.29, 1.82) is 0 Å². The monoisotopic (exact) mass is 302 g/mol. The Balaban J connectivity index is 1.50. The fourth-order valence-corrected chi connectivity index (χ4v) is 3.78. The molecule has 21 heavy (non-hydrogen) atoms. The topological polar surface area (TPSA) is 32.3 Å². The number of hydrogen-bond acceptors (Lipinski definition) is 5. The standard InChI is InChI=1S/C16H22N4S/c1-13-17-18-16(21-13)12-19(2)10-14-8-9-20(11-14)15-6-4-3-5-7-15/h3-7,14H,8-12H2,1-2H3. The molecule has 5 heteroatoms. The van der Waals surface area contributed by atoms with Gasteiger partial charge in [0.2, 0.25) is 0 Å². The van der Waals surface area contributed by atoms with Crippen LogP contribution in [0.4, 0.5) is 5.69 Å². The van der Waals surface area contributed by atoms with E-state index < -0.39 is 0 Å². The molecule has 1 saturated heterocycles. The van der Waals surface area contributed by atoms with Crippen molar-refractivity contribution in [3.8, 4) is 0 Å². The van der Waals surface area contributed by atoms with Gasteiger partial charge in [0.05, 0.1) is 6.54 Å². The highest BCUT2D eigenvalue weighted by molar-refractivity contribution is 7.11. The molecule has 1 aliphatic rings. The van der Waals surface area contributed by atoms with Crippen LogP contribution in [-0.4, -0.2) is 41.8 Å². The number of aromatic nitrogens is 2. The van der Waals surface area contributed by atoms with E-state index in [2.05, 4.69) is 57.4 Å². The summed E-state index contributed by atoms with van der Waals surface area (Å²) in [6.45, 7) is 6.37. The van der Waals surface area contributed by atoms with Gasteiger partial charge in [0, 0.05) is 25.3 Å². The molecule has 3 rings (SSSR count). The summed E-state index contributed by atoms with van der Waals surface area (Å²) in [4.78, 5) is 4.87. The summed E-state index contributed by atoms with van der Waals surface area (Å²) < 4.78 is 0. The lowest BCUT2D eigenvalue weighted by atomic mass is 10.1. The van der Waals surface area contributed by atoms with Gasteiger partial charge in [-0.1, -0.05) is 18.2 Å². The van der Waals surface area contributed by atoms with Crippen LogP contribution in [-0.2, 0) is 6.54 Å². The van der Waals surface area contributed by atoms with E-state index in [-0.39, 0.29) is 0 Å². The molecule has 1 aliphatic heterocycles. The molecule has 1 aromatic heterocycles. The highest BCUT2D eigenvalue weighted by Gasteiger charge is 2.23. The zero-order valence-corrected chi connectivity index (χ0v) is 13.5. The second-order valence-corrected chi connectivity index (χ2v) is 7.11. The average molecular weight is 302 g/mol. The first-order chi connectivity index (χ1) is 10.2. The first kappa shape index (κ1) is 14.5. The normalized spacial score (nSPS) is 18.6. The first-order valence-corrected chi connectivity index (χ1v) is 8.30. The third-order valence-electron chi connectivity index (χ3n) is 3.95. The Hall–Kier alpha value is -1.46. The highest BCUT2D eigenvalue weighted by atomic mass is 32.1. The van der Waals surface area contributed by atoms with Gasteiger partial charge in [-0.3, -0.25) is 4.90 Å². The molecule has 0 aliphatic carbocycles. The Labute approximate surface area is 130 Å². The van der Waals surface area contributed by atoms with Gasteiger partial charge in [0.1, 0.15) is 10.0 Å². The van der Waals surface area contributed by atoms with Crippen LogP contribution in [0, 0.1) is 12.8 Å². The van der Waals surface area contributed by atoms with Gasteiger partial charge in [-0.15, -0.1) is 21.5 Å². The molecule has 0 spiro atoms. The predicted octanol–water partition coefficient (Wildman–Crippen LogP) is 2.80. The van der Waals surface area contributed by atoms with Crippen molar-refractivity contribution in [3.63, 3.8) is 0 Å². The lowest BCUT2D eigenvalue weighted by Gasteiger charge is -2.21. The molecule has 0 radical (unpaired) electrons. The van der Waals surface area contributed by atoms with E-state index in [1.807, 2.05) is 6.92 Å². The number of para-hydroxylation sites is 1. The number of rotatable bonds is 5. The Kier molecular flexibility index (Phi) is 4.51. The van der Waals surface area contributed by atoms with E-state index in [4.69, 9.17) is 0 Å². The highest BCUT2D eigenvalue weighted by Crippen LogP contribution is 2.24. The second-order valence-electron chi connectivity index (χ2n) is 5.85. The summed E-state index contributed by atoms with van der Waals surface area (Å²) in [7, 11) is 2.18. The quantitative estimate of drug-likeness (QED) is 0.850. The smallest absolute Gasteiger partial charge is 0.131 e. The van der Waals surface area contributed by atoms with E-state index in [1.165, 1.54) is 18.7 Å². The molecule has 1 unspecified atom stereocenters. The number of anilines is 1. The van der Waals surface area contributed by atoms with Gasteiger partial charge in [0.25, 0.3) is 0 Å². The molecule has 0 N–H and O–H groups in total. The van der Waals surface area contributed by atoms with Crippen molar-refractivity contribution in [1.82, 2.24) is 15.1 Å². The summed E-state index contributed by atoms with van der Waals surface area (Å²) >= 11 is 1.70. The minimum atomic E-state index is 0.740. The fraction of sp³-hybridized carbons (Fsp3) is 0.500. The van der Waals surface area contributed by atoms with Crippen molar-refractivity contribution in [2.75, 3.05) is 31.6 Å². The summed E-state index contributed by atoms with van der Waals surface area (Å²) in [5, 5.41) is 10.5. The number of aryl methyl sites for hydroxylation is 1. The van der Waals surface area contributed by atoms with Crippen LogP contribution in [0.3, 0.4) is 0 Å². The molecule has 1 aromatic carbocycles. The van der Waals surface area contributed by atoms with Crippen LogP contribution < -0.4 is 4.90 Å². The number of nitrogens with zero attached hydrogens (tertiary/aromatic N) is 4. The van der Waals surface area contributed by atoms with E-state index in [0.717, 1.165) is 35.6 Å². The first-order valence-electron chi connectivity index (χ1n) is 7.48. The molecule has 0 bridgehead atoms. The van der Waals surface area contributed by atoms with Gasteiger partial charge in [0.15, 0.2) is 0 Å². The molecule has 2 aromatic rings. The van der Waals surface area contributed by atoms with Crippen LogP contribution in [0.1, 0.15) is 16.4 Å². The fourth-order valence-electron chi connectivity index (χ4n) is 2.99. The predicted molar refractivity (Wildman–Crippen MR) is 87.7 cm³/mol. The van der Waals surface area contributed by atoms with Crippen molar-refractivity contribution in [2.24, 2.45) is 5.92 Å². The molecule has 1 fully saturated rings. The Morgan fingerprint density at radius 3 is 2.81 bits per heavy atom. The number of benzene rings is 1. The van der Waals surface area contributed by atoms with Crippen LogP contribution in [0.15, 0.2) is 30.3 Å². The lowest BCUT2D eigenvalue weighted by molar-refractivity contribution is 0.278. The maximum absolute atomic E-state index is 4.21. The minimum absolute atomic E-state index is 0.740. The Bertz CT molecular complexity index is 569. The van der Waals surface area contributed by atoms with Gasteiger partial charge in [-0.05, 0) is 38.4 Å². The molecule has 4 nitrogen and oxygen atoms in total. The van der Waals surface area contributed by atoms with E-state index in [9.17, 15) is 0 Å². The van der Waals surface area contributed by atoms with E-state index in [1.54, 1.807) is 11.3 Å². The molecule has 2 heterocycles. The minimum Gasteiger partial charge on any atom is -0.371 e. The van der Waals surface area contributed by atoms with Gasteiger partial charge in [-0.2, -0.15) is 0 Å². The third kappa shape index (κ3) is 3.80. The largest absolute Gasteiger partial charge is 0.371 e. The number of hydrogen-bond donors (Lipinski definition) is 0. The third-order valence-corrected chi connectivity index (χ3v) is 4.77. The summed E-state index contributed by atoms with van der Waals surface area (Å²) in [5.41, 5.74) is 1.35. The van der Waals surface area contributed by atoms with Gasteiger partial charge >= 0.3 is 0 Å². The lowest BCUT2D eigenvalue weighted by Crippen LogP contribution is -2.28. The second kappa shape index (κ2) is 6.54. The molecule has 0 saturated carbocycles. The molecular weight excluding hydrogens is 280 g/mol. The summed E-state index contributed by atoms with van der Waals surface area (Å²) in [6, 6.07) is 10.7. The van der Waals surface area contributed by atoms with Crippen LogP contribution in [0.25, 0.3) is 0 Å². The average Bonchev–Trinajstić information content (AvgIpc) is 3.09. The van der Waals surface area contributed by atoms with Crippen LogP contribution in [0.5, 0.6) is 0 Å². The Morgan fingerprint density at radius 2 is 2.10 bits per heavy atom. The van der Waals surface area contributed by atoms with Crippen LogP contribution >= 0.6 is 11.3 Å². The maximum atomic E-state index is 4.21. The maximum Gasteiger partial charge on any atom is 0.131 e. The van der Waals surface area contributed by atoms with E-state index in [0.29, 0.717) is 0 Å². The Morgan fingerprint density at radius 1 is 1.29 bits per heavy atom. The molecule has 112 valence electrons. The molecular formula is C16H22N4S. The van der Waals surface area contributed by atoms with Crippen molar-refractivity contribution >= 4 is 17.0 Å². The van der Waals surface area contributed by atoms with Crippen molar-refractivity contribution in [3.05, 3.63) is 40.3 Å².